The zero-order chi connectivity index (χ0) is 20.5. The number of nitrogen functional groups attached to an aromatic ring is 1. The molecule has 0 aliphatic rings. The van der Waals surface area contributed by atoms with E-state index in [9.17, 15) is 5.11 Å². The molecule has 5 aromatic rings. The van der Waals surface area contributed by atoms with Crippen LogP contribution in [0.25, 0.3) is 33.7 Å². The first-order valence-electron chi connectivity index (χ1n) is 9.32. The number of hydrogen-bond acceptors (Lipinski definition) is 6. The van der Waals surface area contributed by atoms with E-state index in [1.807, 2.05) is 54.6 Å². The van der Waals surface area contributed by atoms with Crippen molar-refractivity contribution in [3.05, 3.63) is 78.9 Å². The summed E-state index contributed by atoms with van der Waals surface area (Å²) in [5.74, 6) is 2.50. The number of fused-ring (bicyclic) bond motifs is 1. The van der Waals surface area contributed by atoms with E-state index in [2.05, 4.69) is 15.2 Å². The van der Waals surface area contributed by atoms with Crippen molar-refractivity contribution in [3.8, 4) is 39.9 Å². The lowest BCUT2D eigenvalue weighted by atomic mass is 10.1. The number of ether oxygens (including phenoxy) is 1. The highest BCUT2D eigenvalue weighted by molar-refractivity contribution is 5.98. The molecule has 0 radical (unpaired) electrons. The molecule has 0 unspecified atom stereocenters. The zero-order valence-corrected chi connectivity index (χ0v) is 15.8. The van der Waals surface area contributed by atoms with Crippen molar-refractivity contribution in [1.82, 2.24) is 20.2 Å². The summed E-state index contributed by atoms with van der Waals surface area (Å²) in [5, 5.41) is 17.2. The van der Waals surface area contributed by atoms with Gasteiger partial charge in [0.05, 0.1) is 11.1 Å². The van der Waals surface area contributed by atoms with Crippen molar-refractivity contribution < 1.29 is 9.84 Å². The lowest BCUT2D eigenvalue weighted by Gasteiger charge is -2.09. The van der Waals surface area contributed by atoms with Crippen molar-refractivity contribution in [3.63, 3.8) is 0 Å². The Morgan fingerprint density at radius 1 is 0.767 bits per heavy atom. The molecule has 0 atom stereocenters. The van der Waals surface area contributed by atoms with Gasteiger partial charge in [-0.2, -0.15) is 5.10 Å². The minimum atomic E-state index is 0.180. The van der Waals surface area contributed by atoms with Gasteiger partial charge in [0.1, 0.15) is 17.2 Å². The van der Waals surface area contributed by atoms with Crippen LogP contribution in [0.15, 0.2) is 78.9 Å². The first-order chi connectivity index (χ1) is 14.7. The number of phenols is 1. The molecule has 2 heterocycles. The van der Waals surface area contributed by atoms with Crippen LogP contribution in [0, 0.1) is 0 Å². The average molecular weight is 395 g/mol. The number of para-hydroxylation sites is 1. The van der Waals surface area contributed by atoms with E-state index >= 15 is 0 Å². The van der Waals surface area contributed by atoms with Crippen LogP contribution in [-0.4, -0.2) is 25.3 Å². The van der Waals surface area contributed by atoms with Crippen LogP contribution in [0.2, 0.25) is 0 Å². The van der Waals surface area contributed by atoms with Crippen LogP contribution in [0.4, 0.5) is 5.82 Å². The SMILES string of the molecule is Nc1n[nH]c2nc(-c3ccc(O)cc3)nc(-c3ccc(Oc4ccccc4)cc3)c12. The van der Waals surface area contributed by atoms with Gasteiger partial charge >= 0.3 is 0 Å². The van der Waals surface area contributed by atoms with E-state index in [1.165, 1.54) is 0 Å². The molecule has 0 spiro atoms. The maximum Gasteiger partial charge on any atom is 0.162 e. The van der Waals surface area contributed by atoms with E-state index in [-0.39, 0.29) is 5.75 Å². The van der Waals surface area contributed by atoms with Gasteiger partial charge in [-0.15, -0.1) is 0 Å². The Bertz CT molecular complexity index is 1310. The van der Waals surface area contributed by atoms with E-state index in [0.29, 0.717) is 34.1 Å². The summed E-state index contributed by atoms with van der Waals surface area (Å²) in [7, 11) is 0. The molecular formula is C23H17N5O2. The number of benzene rings is 3. The molecule has 3 aromatic carbocycles. The first kappa shape index (κ1) is 17.7. The molecule has 0 aliphatic carbocycles. The van der Waals surface area contributed by atoms with Gasteiger partial charge in [-0.3, -0.25) is 5.10 Å². The van der Waals surface area contributed by atoms with Crippen molar-refractivity contribution in [2.24, 2.45) is 0 Å². The Kier molecular flexibility index (Phi) is 4.25. The van der Waals surface area contributed by atoms with Gasteiger partial charge in [0.15, 0.2) is 17.3 Å². The van der Waals surface area contributed by atoms with Gasteiger partial charge in [-0.25, -0.2) is 9.97 Å². The van der Waals surface area contributed by atoms with E-state index in [1.54, 1.807) is 24.3 Å². The fraction of sp³-hybridized carbons (Fsp3) is 0. The zero-order valence-electron chi connectivity index (χ0n) is 15.8. The van der Waals surface area contributed by atoms with Crippen molar-refractivity contribution in [2.45, 2.75) is 0 Å². The number of aromatic nitrogens is 4. The second kappa shape index (κ2) is 7.21. The molecule has 0 amide bonds. The Labute approximate surface area is 171 Å². The van der Waals surface area contributed by atoms with Gasteiger partial charge in [-0.1, -0.05) is 18.2 Å². The van der Waals surface area contributed by atoms with Crippen LogP contribution in [0.5, 0.6) is 17.2 Å². The number of anilines is 1. The molecule has 7 nitrogen and oxygen atoms in total. The molecule has 0 aliphatic heterocycles. The second-order valence-corrected chi connectivity index (χ2v) is 6.71. The van der Waals surface area contributed by atoms with Crippen LogP contribution in [0.3, 0.4) is 0 Å². The summed E-state index contributed by atoms with van der Waals surface area (Å²) in [4.78, 5) is 9.28. The third-order valence-corrected chi connectivity index (χ3v) is 4.68. The maximum atomic E-state index is 9.56. The highest BCUT2D eigenvalue weighted by Gasteiger charge is 2.16. The van der Waals surface area contributed by atoms with Crippen molar-refractivity contribution >= 4 is 16.9 Å². The predicted octanol–water partition coefficient (Wildman–Crippen LogP) is 4.77. The van der Waals surface area contributed by atoms with E-state index in [0.717, 1.165) is 16.9 Å². The normalized spacial score (nSPS) is 10.9. The first-order valence-corrected chi connectivity index (χ1v) is 9.32. The number of aromatic hydroxyl groups is 1. The van der Waals surface area contributed by atoms with Crippen molar-refractivity contribution in [2.75, 3.05) is 5.73 Å². The van der Waals surface area contributed by atoms with Crippen LogP contribution in [-0.2, 0) is 0 Å². The molecule has 2 aromatic heterocycles. The van der Waals surface area contributed by atoms with Gasteiger partial charge < -0.3 is 15.6 Å². The topological polar surface area (TPSA) is 110 Å². The molecule has 0 fully saturated rings. The quantitative estimate of drug-likeness (QED) is 0.404. The molecule has 0 bridgehead atoms. The summed E-state index contributed by atoms with van der Waals surface area (Å²) >= 11 is 0. The summed E-state index contributed by atoms with van der Waals surface area (Å²) < 4.78 is 5.87. The van der Waals surface area contributed by atoms with Crippen molar-refractivity contribution in [1.29, 1.82) is 0 Å². The second-order valence-electron chi connectivity index (χ2n) is 6.71. The largest absolute Gasteiger partial charge is 0.508 e. The standard InChI is InChI=1S/C23H17N5O2/c24-21-19-20(14-8-12-18(13-9-14)30-17-4-2-1-3-5-17)25-22(26-23(19)28-27-21)15-6-10-16(29)11-7-15/h1-13,29H,(H3,24,25,26,27,28). The number of phenolic OH excluding ortho intramolecular Hbond substituents is 1. The Morgan fingerprint density at radius 3 is 2.17 bits per heavy atom. The monoisotopic (exact) mass is 395 g/mol. The summed E-state index contributed by atoms with van der Waals surface area (Å²) in [6, 6.07) is 23.9. The average Bonchev–Trinajstić information content (AvgIpc) is 3.16. The minimum Gasteiger partial charge on any atom is -0.508 e. The van der Waals surface area contributed by atoms with Gasteiger partial charge in [0, 0.05) is 11.1 Å². The molecule has 5 rings (SSSR count). The molecule has 7 heteroatoms. The third-order valence-electron chi connectivity index (χ3n) is 4.68. The number of nitrogens with two attached hydrogens (primary N) is 1. The predicted molar refractivity (Wildman–Crippen MR) is 115 cm³/mol. The smallest absolute Gasteiger partial charge is 0.162 e. The molecule has 0 saturated carbocycles. The van der Waals surface area contributed by atoms with Gasteiger partial charge in [0.2, 0.25) is 0 Å². The Morgan fingerprint density at radius 2 is 1.43 bits per heavy atom. The molecule has 30 heavy (non-hydrogen) atoms. The molecule has 0 saturated heterocycles. The number of aromatic amines is 1. The Hall–Kier alpha value is -4.39. The molecule has 4 N–H and O–H groups in total. The fourth-order valence-corrected chi connectivity index (χ4v) is 3.21. The highest BCUT2D eigenvalue weighted by atomic mass is 16.5. The van der Waals surface area contributed by atoms with Crippen LogP contribution in [0.1, 0.15) is 0 Å². The Balaban J connectivity index is 1.57. The van der Waals surface area contributed by atoms with Crippen LogP contribution >= 0.6 is 0 Å². The number of nitrogens with zero attached hydrogens (tertiary/aromatic N) is 3. The van der Waals surface area contributed by atoms with E-state index < -0.39 is 0 Å². The third kappa shape index (κ3) is 3.29. The summed E-state index contributed by atoms with van der Waals surface area (Å²) in [6.45, 7) is 0. The maximum absolute atomic E-state index is 9.56. The molecule has 146 valence electrons. The fourth-order valence-electron chi connectivity index (χ4n) is 3.21. The lowest BCUT2D eigenvalue weighted by Crippen LogP contribution is -1.96. The number of nitrogens with one attached hydrogen (secondary N) is 1. The summed E-state index contributed by atoms with van der Waals surface area (Å²) in [6.07, 6.45) is 0. The minimum absolute atomic E-state index is 0.180. The lowest BCUT2D eigenvalue weighted by molar-refractivity contribution is 0.475. The van der Waals surface area contributed by atoms with Gasteiger partial charge in [0.25, 0.3) is 0 Å². The molecular weight excluding hydrogens is 378 g/mol. The van der Waals surface area contributed by atoms with Crippen LogP contribution < -0.4 is 10.5 Å². The van der Waals surface area contributed by atoms with Gasteiger partial charge in [-0.05, 0) is 60.7 Å². The number of hydrogen-bond donors (Lipinski definition) is 3. The highest BCUT2D eigenvalue weighted by Crippen LogP contribution is 2.33. The van der Waals surface area contributed by atoms with E-state index in [4.69, 9.17) is 15.5 Å². The summed E-state index contributed by atoms with van der Waals surface area (Å²) in [5.41, 5.74) is 8.92. The number of H-pyrrole nitrogens is 1. The number of rotatable bonds is 4.